The molecule has 5 aromatic rings. The summed E-state index contributed by atoms with van der Waals surface area (Å²) in [5.74, 6) is -0.266. The van der Waals surface area contributed by atoms with E-state index in [1.54, 1.807) is 0 Å². The fourth-order valence-electron chi connectivity index (χ4n) is 7.80. The van der Waals surface area contributed by atoms with Crippen LogP contribution in [-0.2, 0) is 19.5 Å². The Balaban J connectivity index is 1.45. The molecule has 0 radical (unpaired) electrons. The average Bonchev–Trinajstić information content (AvgIpc) is 3.13. The average molecular weight is 666 g/mol. The second-order valence-corrected chi connectivity index (χ2v) is 18.2. The standard InChI is InChI=1S/C44H47NO3Si/c1-35(46)48-42-30-32-45(44(37-20-10-5-11-21-37,38-22-12-6-13-23-38)39-24-14-7-15-25-39)34-36(42)31-33-47-49(43(2,3)4,40-26-16-8-17-27-40)41-28-18-9-19-29-41/h5-29,31,42H,30,32-34H2,1-4H3. The van der Waals surface area contributed by atoms with E-state index in [0.717, 1.165) is 12.1 Å². The van der Waals surface area contributed by atoms with Gasteiger partial charge in [0.25, 0.3) is 8.32 Å². The van der Waals surface area contributed by atoms with Gasteiger partial charge in [-0.25, -0.2) is 0 Å². The predicted molar refractivity (Wildman–Crippen MR) is 203 cm³/mol. The largest absolute Gasteiger partial charge is 0.458 e. The third kappa shape index (κ3) is 6.84. The first kappa shape index (κ1) is 34.3. The van der Waals surface area contributed by atoms with Crippen LogP contribution < -0.4 is 10.4 Å². The van der Waals surface area contributed by atoms with Crippen molar-refractivity contribution in [1.29, 1.82) is 0 Å². The first-order chi connectivity index (χ1) is 23.8. The van der Waals surface area contributed by atoms with E-state index in [9.17, 15) is 4.79 Å². The summed E-state index contributed by atoms with van der Waals surface area (Å²) in [6.45, 7) is 10.2. The summed E-state index contributed by atoms with van der Waals surface area (Å²) < 4.78 is 13.3. The number of carbonyl (C=O) groups excluding carboxylic acids is 1. The maximum Gasteiger partial charge on any atom is 0.303 e. The number of benzene rings is 5. The molecule has 6 rings (SSSR count). The lowest BCUT2D eigenvalue weighted by atomic mass is 9.74. The minimum Gasteiger partial charge on any atom is -0.458 e. The summed E-state index contributed by atoms with van der Waals surface area (Å²) in [7, 11) is -2.77. The van der Waals surface area contributed by atoms with E-state index in [1.807, 2.05) is 0 Å². The SMILES string of the molecule is CC(=O)OC1CCN(C(c2ccccc2)(c2ccccc2)c2ccccc2)CC1=CCO[Si](c1ccccc1)(c1ccccc1)C(C)(C)C. The van der Waals surface area contributed by atoms with Crippen LogP contribution in [0.15, 0.2) is 163 Å². The number of hydrogen-bond acceptors (Lipinski definition) is 4. The highest BCUT2D eigenvalue weighted by molar-refractivity contribution is 6.99. The number of esters is 1. The summed E-state index contributed by atoms with van der Waals surface area (Å²) in [5.41, 5.74) is 4.08. The van der Waals surface area contributed by atoms with Gasteiger partial charge in [-0.15, -0.1) is 0 Å². The fraction of sp³-hybridized carbons (Fsp3) is 0.250. The van der Waals surface area contributed by atoms with Crippen LogP contribution in [0.3, 0.4) is 0 Å². The van der Waals surface area contributed by atoms with Crippen LogP contribution in [0, 0.1) is 0 Å². The van der Waals surface area contributed by atoms with Crippen molar-refractivity contribution in [2.24, 2.45) is 0 Å². The molecule has 1 atom stereocenters. The van der Waals surface area contributed by atoms with Crippen molar-refractivity contribution in [3.8, 4) is 0 Å². The van der Waals surface area contributed by atoms with Crippen LogP contribution in [0.4, 0.5) is 0 Å². The molecular formula is C44H47NO3Si. The van der Waals surface area contributed by atoms with Gasteiger partial charge in [0.2, 0.25) is 0 Å². The molecule has 0 spiro atoms. The number of likely N-dealkylation sites (tertiary alicyclic amines) is 1. The van der Waals surface area contributed by atoms with Crippen molar-refractivity contribution in [3.05, 3.63) is 180 Å². The van der Waals surface area contributed by atoms with Crippen molar-refractivity contribution in [2.45, 2.75) is 50.8 Å². The first-order valence-corrected chi connectivity index (χ1v) is 19.2. The minimum absolute atomic E-state index is 0.148. The predicted octanol–water partition coefficient (Wildman–Crippen LogP) is 8.12. The zero-order chi connectivity index (χ0) is 34.3. The monoisotopic (exact) mass is 665 g/mol. The molecule has 1 aliphatic heterocycles. The molecule has 1 unspecified atom stereocenters. The van der Waals surface area contributed by atoms with Crippen molar-refractivity contribution >= 4 is 24.7 Å². The highest BCUT2D eigenvalue weighted by atomic mass is 28.4. The molecule has 5 aromatic carbocycles. The van der Waals surface area contributed by atoms with E-state index in [4.69, 9.17) is 9.16 Å². The van der Waals surface area contributed by atoms with Crippen LogP contribution in [0.2, 0.25) is 5.04 Å². The maximum absolute atomic E-state index is 12.4. The van der Waals surface area contributed by atoms with Crippen LogP contribution in [0.1, 0.15) is 50.8 Å². The topological polar surface area (TPSA) is 38.8 Å². The summed E-state index contributed by atoms with van der Waals surface area (Å²) in [6, 6.07) is 53.8. The lowest BCUT2D eigenvalue weighted by molar-refractivity contribution is -0.146. The third-order valence-corrected chi connectivity index (χ3v) is 14.9. The van der Waals surface area contributed by atoms with Crippen molar-refractivity contribution in [2.75, 3.05) is 19.7 Å². The van der Waals surface area contributed by atoms with E-state index >= 15 is 0 Å². The van der Waals surface area contributed by atoms with Gasteiger partial charge in [-0.2, -0.15) is 0 Å². The molecule has 0 N–H and O–H groups in total. The molecule has 0 aromatic heterocycles. The number of piperidine rings is 1. The lowest BCUT2D eigenvalue weighted by Crippen LogP contribution is -2.66. The molecule has 49 heavy (non-hydrogen) atoms. The zero-order valence-electron chi connectivity index (χ0n) is 29.1. The van der Waals surface area contributed by atoms with Crippen LogP contribution in [0.5, 0.6) is 0 Å². The van der Waals surface area contributed by atoms with Gasteiger partial charge in [-0.1, -0.05) is 179 Å². The normalized spacial score (nSPS) is 16.7. The molecule has 1 saturated heterocycles. The molecule has 0 saturated carbocycles. The Bertz CT molecular complexity index is 1690. The summed E-state index contributed by atoms with van der Waals surface area (Å²) in [4.78, 5) is 15.0. The van der Waals surface area contributed by atoms with Crippen molar-refractivity contribution in [1.82, 2.24) is 4.90 Å². The van der Waals surface area contributed by atoms with E-state index in [1.165, 1.54) is 34.0 Å². The van der Waals surface area contributed by atoms with Gasteiger partial charge in [-0.3, -0.25) is 9.69 Å². The second-order valence-electron chi connectivity index (χ2n) is 13.9. The van der Waals surface area contributed by atoms with Crippen LogP contribution in [-0.4, -0.2) is 45.0 Å². The maximum atomic E-state index is 12.4. The fourth-order valence-corrected chi connectivity index (χ4v) is 12.3. The Morgan fingerprint density at radius 2 is 1.10 bits per heavy atom. The molecule has 0 amide bonds. The minimum atomic E-state index is -2.77. The number of nitrogens with zero attached hydrogens (tertiary/aromatic N) is 1. The Morgan fingerprint density at radius 3 is 1.49 bits per heavy atom. The molecular weight excluding hydrogens is 619 g/mol. The highest BCUT2D eigenvalue weighted by Crippen LogP contribution is 2.44. The highest BCUT2D eigenvalue weighted by Gasteiger charge is 2.50. The number of hydrogen-bond donors (Lipinski definition) is 0. The Morgan fingerprint density at radius 1 is 0.694 bits per heavy atom. The first-order valence-electron chi connectivity index (χ1n) is 17.3. The van der Waals surface area contributed by atoms with Crippen molar-refractivity contribution in [3.63, 3.8) is 0 Å². The summed E-state index contributed by atoms with van der Waals surface area (Å²) >= 11 is 0. The molecule has 1 aliphatic rings. The quantitative estimate of drug-likeness (QED) is 0.0654. The summed E-state index contributed by atoms with van der Waals surface area (Å²) in [6.07, 6.45) is 2.56. The molecule has 5 heteroatoms. The van der Waals surface area contributed by atoms with E-state index in [-0.39, 0.29) is 17.1 Å². The summed E-state index contributed by atoms with van der Waals surface area (Å²) in [5, 5.41) is 2.33. The third-order valence-electron chi connectivity index (χ3n) is 9.87. The Kier molecular flexibility index (Phi) is 10.4. The zero-order valence-corrected chi connectivity index (χ0v) is 30.1. The van der Waals surface area contributed by atoms with Gasteiger partial charge in [-0.05, 0) is 37.7 Å². The van der Waals surface area contributed by atoms with Crippen LogP contribution >= 0.6 is 0 Å². The van der Waals surface area contributed by atoms with Crippen LogP contribution in [0.25, 0.3) is 0 Å². The smallest absolute Gasteiger partial charge is 0.303 e. The molecule has 0 bridgehead atoms. The van der Waals surface area contributed by atoms with E-state index in [0.29, 0.717) is 19.6 Å². The van der Waals surface area contributed by atoms with Gasteiger partial charge >= 0.3 is 5.97 Å². The van der Waals surface area contributed by atoms with E-state index < -0.39 is 13.9 Å². The number of carbonyl (C=O) groups is 1. The van der Waals surface area contributed by atoms with Gasteiger partial charge in [0.1, 0.15) is 6.10 Å². The number of rotatable bonds is 10. The molecule has 0 aliphatic carbocycles. The molecule has 1 heterocycles. The Labute approximate surface area is 293 Å². The number of ether oxygens (including phenoxy) is 1. The molecule has 250 valence electrons. The van der Waals surface area contributed by atoms with Gasteiger partial charge in [0.15, 0.2) is 0 Å². The molecule has 4 nitrogen and oxygen atoms in total. The Hall–Kier alpha value is -4.55. The van der Waals surface area contributed by atoms with Crippen molar-refractivity contribution < 1.29 is 14.0 Å². The van der Waals surface area contributed by atoms with Gasteiger partial charge in [0.05, 0.1) is 12.1 Å². The van der Waals surface area contributed by atoms with E-state index in [2.05, 4.69) is 183 Å². The van der Waals surface area contributed by atoms with Gasteiger partial charge in [0, 0.05) is 26.4 Å². The second kappa shape index (κ2) is 14.9. The lowest BCUT2D eigenvalue weighted by Gasteiger charge is -2.49. The van der Waals surface area contributed by atoms with Gasteiger partial charge < -0.3 is 9.16 Å². The molecule has 1 fully saturated rings.